The lowest BCUT2D eigenvalue weighted by Crippen LogP contribution is -2.29. The Morgan fingerprint density at radius 1 is 1.48 bits per heavy atom. The van der Waals surface area contributed by atoms with Gasteiger partial charge in [-0.15, -0.1) is 0 Å². The molecule has 3 rings (SSSR count). The average molecular weight is 290 g/mol. The van der Waals surface area contributed by atoms with Gasteiger partial charge in [0, 0.05) is 0 Å². The van der Waals surface area contributed by atoms with E-state index >= 15 is 0 Å². The second-order valence-corrected chi connectivity index (χ2v) is 6.29. The van der Waals surface area contributed by atoms with Gasteiger partial charge in [0.05, 0.1) is 23.7 Å². The van der Waals surface area contributed by atoms with E-state index in [4.69, 9.17) is 9.47 Å². The second-order valence-electron chi connectivity index (χ2n) is 6.29. The first-order valence-corrected chi connectivity index (χ1v) is 7.69. The molecular formula is C17H22O4. The van der Waals surface area contributed by atoms with Crippen LogP contribution in [0.15, 0.2) is 24.3 Å². The van der Waals surface area contributed by atoms with Crippen molar-refractivity contribution >= 4 is 5.97 Å². The van der Waals surface area contributed by atoms with Gasteiger partial charge in [0.15, 0.2) is 0 Å². The van der Waals surface area contributed by atoms with Crippen LogP contribution in [0.25, 0.3) is 0 Å². The van der Waals surface area contributed by atoms with Crippen LogP contribution in [-0.2, 0) is 15.1 Å². The summed E-state index contributed by atoms with van der Waals surface area (Å²) >= 11 is 0. The van der Waals surface area contributed by atoms with Crippen molar-refractivity contribution in [3.05, 3.63) is 29.8 Å². The molecule has 2 saturated heterocycles. The fourth-order valence-electron chi connectivity index (χ4n) is 3.18. The van der Waals surface area contributed by atoms with E-state index in [2.05, 4.69) is 0 Å². The van der Waals surface area contributed by atoms with E-state index in [1.165, 1.54) is 0 Å². The lowest BCUT2D eigenvalue weighted by atomic mass is 9.89. The summed E-state index contributed by atoms with van der Waals surface area (Å²) in [6, 6.07) is 7.15. The van der Waals surface area contributed by atoms with E-state index < -0.39 is 5.60 Å². The third-order valence-electron chi connectivity index (χ3n) is 4.77. The zero-order valence-electron chi connectivity index (χ0n) is 12.5. The Balaban J connectivity index is 1.70. The molecule has 2 heterocycles. The quantitative estimate of drug-likeness (QED) is 0.684. The largest absolute Gasteiger partial charge is 0.426 e. The Bertz CT molecular complexity index is 537. The van der Waals surface area contributed by atoms with Crippen molar-refractivity contribution < 1.29 is 19.4 Å². The predicted octanol–water partition coefficient (Wildman–Crippen LogP) is 2.78. The highest BCUT2D eigenvalue weighted by Gasteiger charge is 2.45. The molecule has 0 saturated carbocycles. The fraction of sp³-hybridized carbons (Fsp3) is 0.588. The van der Waals surface area contributed by atoms with E-state index in [0.717, 1.165) is 24.8 Å². The first-order valence-electron chi connectivity index (χ1n) is 7.69. The Morgan fingerprint density at radius 3 is 2.90 bits per heavy atom. The maximum absolute atomic E-state index is 12.3. The van der Waals surface area contributed by atoms with Crippen molar-refractivity contribution in [1.82, 2.24) is 0 Å². The van der Waals surface area contributed by atoms with Gasteiger partial charge in [0.1, 0.15) is 5.75 Å². The minimum Gasteiger partial charge on any atom is -0.426 e. The molecule has 0 aliphatic carbocycles. The number of carbonyl (C=O) groups excluding carboxylic acids is 1. The average Bonchev–Trinajstić information content (AvgIpc) is 3.10. The molecule has 2 aliphatic rings. The van der Waals surface area contributed by atoms with Gasteiger partial charge in [-0.1, -0.05) is 19.1 Å². The molecule has 2 bridgehead atoms. The highest BCUT2D eigenvalue weighted by molar-refractivity contribution is 5.76. The number of benzene rings is 1. The van der Waals surface area contributed by atoms with Crippen LogP contribution in [-0.4, -0.2) is 23.3 Å². The first kappa shape index (κ1) is 14.5. The maximum atomic E-state index is 12.3. The van der Waals surface area contributed by atoms with Gasteiger partial charge in [0.25, 0.3) is 0 Å². The van der Waals surface area contributed by atoms with E-state index in [0.29, 0.717) is 12.2 Å². The molecule has 2 fully saturated rings. The monoisotopic (exact) mass is 290 g/mol. The van der Waals surface area contributed by atoms with Gasteiger partial charge in [-0.05, 0) is 50.3 Å². The van der Waals surface area contributed by atoms with Gasteiger partial charge in [0.2, 0.25) is 0 Å². The van der Waals surface area contributed by atoms with Gasteiger partial charge >= 0.3 is 5.97 Å². The Hall–Kier alpha value is -1.39. The molecule has 4 nitrogen and oxygen atoms in total. The highest BCUT2D eigenvalue weighted by atomic mass is 16.5. The molecule has 21 heavy (non-hydrogen) atoms. The molecule has 0 amide bonds. The molecule has 0 spiro atoms. The summed E-state index contributed by atoms with van der Waals surface area (Å²) < 4.78 is 11.2. The number of ether oxygens (including phenoxy) is 2. The normalized spacial score (nSPS) is 30.1. The van der Waals surface area contributed by atoms with Crippen LogP contribution in [0.3, 0.4) is 0 Å². The summed E-state index contributed by atoms with van der Waals surface area (Å²) in [6.07, 6.45) is 3.66. The fourth-order valence-corrected chi connectivity index (χ4v) is 3.18. The first-order chi connectivity index (χ1) is 9.99. The molecule has 4 heteroatoms. The summed E-state index contributed by atoms with van der Waals surface area (Å²) in [5.41, 5.74) is -0.141. The lowest BCUT2D eigenvalue weighted by molar-refractivity contribution is -0.140. The van der Waals surface area contributed by atoms with Gasteiger partial charge in [-0.25, -0.2) is 0 Å². The summed E-state index contributed by atoms with van der Waals surface area (Å²) in [5, 5.41) is 10.3. The number of aliphatic hydroxyl groups is 1. The van der Waals surface area contributed by atoms with E-state index in [1.54, 1.807) is 25.1 Å². The Labute approximate surface area is 125 Å². The zero-order chi connectivity index (χ0) is 15.0. The molecule has 114 valence electrons. The molecule has 1 aromatic carbocycles. The van der Waals surface area contributed by atoms with Crippen molar-refractivity contribution in [2.75, 3.05) is 0 Å². The smallest absolute Gasteiger partial charge is 0.317 e. The van der Waals surface area contributed by atoms with E-state index in [1.807, 2.05) is 13.0 Å². The zero-order valence-corrected chi connectivity index (χ0v) is 12.5. The molecular weight excluding hydrogens is 268 g/mol. The summed E-state index contributed by atoms with van der Waals surface area (Å²) in [4.78, 5) is 12.3. The number of rotatable bonds is 4. The van der Waals surface area contributed by atoms with Crippen molar-refractivity contribution in [3.8, 4) is 5.75 Å². The summed E-state index contributed by atoms with van der Waals surface area (Å²) in [7, 11) is 0. The number of esters is 1. The van der Waals surface area contributed by atoms with Crippen molar-refractivity contribution in [2.24, 2.45) is 5.92 Å². The van der Waals surface area contributed by atoms with Crippen LogP contribution in [0.1, 0.15) is 45.1 Å². The van der Waals surface area contributed by atoms with Crippen LogP contribution in [0.4, 0.5) is 0 Å². The van der Waals surface area contributed by atoms with Gasteiger partial charge in [-0.2, -0.15) is 0 Å². The Morgan fingerprint density at radius 2 is 2.29 bits per heavy atom. The van der Waals surface area contributed by atoms with Crippen molar-refractivity contribution in [3.63, 3.8) is 0 Å². The van der Waals surface area contributed by atoms with Crippen LogP contribution < -0.4 is 4.74 Å². The van der Waals surface area contributed by atoms with Crippen LogP contribution in [0.5, 0.6) is 5.75 Å². The molecule has 2 aliphatic heterocycles. The molecule has 4 atom stereocenters. The van der Waals surface area contributed by atoms with Gasteiger partial charge < -0.3 is 14.6 Å². The van der Waals surface area contributed by atoms with Gasteiger partial charge in [-0.3, -0.25) is 4.79 Å². The summed E-state index contributed by atoms with van der Waals surface area (Å²) in [5.74, 6) is 0.142. The van der Waals surface area contributed by atoms with E-state index in [9.17, 15) is 9.90 Å². The predicted molar refractivity (Wildman–Crippen MR) is 77.9 cm³/mol. The highest BCUT2D eigenvalue weighted by Crippen LogP contribution is 2.39. The number of hydrogen-bond acceptors (Lipinski definition) is 4. The molecule has 1 aromatic rings. The van der Waals surface area contributed by atoms with Crippen LogP contribution >= 0.6 is 0 Å². The third kappa shape index (κ3) is 2.83. The molecule has 4 unspecified atom stereocenters. The van der Waals surface area contributed by atoms with Crippen molar-refractivity contribution in [2.45, 2.75) is 57.3 Å². The standard InChI is InChI=1S/C17H22O4/c1-3-17(2,19)11-5-4-6-12(9-11)21-16(18)14-10-13-7-8-15(14)20-13/h4-6,9,13-15,19H,3,7-8,10H2,1-2H3. The molecule has 0 aromatic heterocycles. The van der Waals surface area contributed by atoms with E-state index in [-0.39, 0.29) is 24.1 Å². The SMILES string of the molecule is CCC(C)(O)c1cccc(OC(=O)C2CC3CCC2O3)c1. The third-order valence-corrected chi connectivity index (χ3v) is 4.77. The molecule has 1 N–H and O–H groups in total. The minimum absolute atomic E-state index is 0.0319. The number of hydrogen-bond donors (Lipinski definition) is 1. The number of carbonyl (C=O) groups is 1. The molecule has 0 radical (unpaired) electrons. The van der Waals surface area contributed by atoms with Crippen molar-refractivity contribution in [1.29, 1.82) is 0 Å². The summed E-state index contributed by atoms with van der Waals surface area (Å²) in [6.45, 7) is 3.68. The number of fused-ring (bicyclic) bond motifs is 2. The second kappa shape index (κ2) is 5.43. The van der Waals surface area contributed by atoms with Crippen LogP contribution in [0.2, 0.25) is 0 Å². The lowest BCUT2D eigenvalue weighted by Gasteiger charge is -2.22. The minimum atomic E-state index is -0.905. The maximum Gasteiger partial charge on any atom is 0.317 e. The van der Waals surface area contributed by atoms with Crippen LogP contribution in [0, 0.1) is 5.92 Å². The topological polar surface area (TPSA) is 55.8 Å². The Kier molecular flexibility index (Phi) is 3.76.